The molecule has 0 spiro atoms. The van der Waals surface area contributed by atoms with Crippen molar-refractivity contribution in [2.45, 2.75) is 37.2 Å². The Bertz CT molecular complexity index is 1170. The predicted octanol–water partition coefficient (Wildman–Crippen LogP) is 2.66. The Kier molecular flexibility index (Phi) is 7.65. The molecule has 1 heterocycles. The van der Waals surface area contributed by atoms with Crippen LogP contribution < -0.4 is 14.4 Å². The van der Waals surface area contributed by atoms with E-state index in [2.05, 4.69) is 5.32 Å². The first-order valence-corrected chi connectivity index (χ1v) is 13.9. The zero-order chi connectivity index (χ0) is 24.2. The topological polar surface area (TPSA) is 113 Å². The molecule has 0 aromatic heterocycles. The zero-order valence-electron chi connectivity index (χ0n) is 18.9. The molecule has 0 saturated carbocycles. The minimum Gasteiger partial charge on any atom is -0.481 e. The molecular weight excluding hydrogens is 466 g/mol. The van der Waals surface area contributed by atoms with E-state index in [0.29, 0.717) is 30.2 Å². The van der Waals surface area contributed by atoms with E-state index in [9.17, 15) is 21.6 Å². The molecule has 1 fully saturated rings. The lowest BCUT2D eigenvalue weighted by atomic mass is 10.2. The fourth-order valence-electron chi connectivity index (χ4n) is 3.39. The lowest BCUT2D eigenvalue weighted by Crippen LogP contribution is -2.35. The Morgan fingerprint density at radius 2 is 1.55 bits per heavy atom. The third-order valence-corrected chi connectivity index (χ3v) is 8.57. The van der Waals surface area contributed by atoms with Gasteiger partial charge in [0.2, 0.25) is 20.0 Å². The van der Waals surface area contributed by atoms with Crippen molar-refractivity contribution in [1.29, 1.82) is 0 Å². The maximum atomic E-state index is 12.7. The third kappa shape index (κ3) is 6.24. The smallest absolute Gasteiger partial charge is 0.265 e. The van der Waals surface area contributed by atoms with E-state index in [1.54, 1.807) is 43.3 Å². The summed E-state index contributed by atoms with van der Waals surface area (Å²) in [4.78, 5) is 12.7. The van der Waals surface area contributed by atoms with Gasteiger partial charge in [-0.15, -0.1) is 0 Å². The molecule has 1 aliphatic heterocycles. The number of ether oxygens (including phenoxy) is 1. The number of nitrogens with zero attached hydrogens (tertiary/aromatic N) is 2. The highest BCUT2D eigenvalue weighted by Gasteiger charge is 2.26. The molecule has 0 aliphatic carbocycles. The van der Waals surface area contributed by atoms with Crippen molar-refractivity contribution in [3.8, 4) is 5.75 Å². The Hall–Kier alpha value is -2.63. The van der Waals surface area contributed by atoms with Crippen molar-refractivity contribution in [3.63, 3.8) is 0 Å². The van der Waals surface area contributed by atoms with E-state index in [1.165, 1.54) is 23.5 Å². The fourth-order valence-corrected chi connectivity index (χ4v) is 5.41. The van der Waals surface area contributed by atoms with Gasteiger partial charge in [-0.25, -0.2) is 16.8 Å². The molecule has 9 nitrogen and oxygen atoms in total. The number of amides is 1. The molecule has 2 aromatic carbocycles. The first kappa shape index (κ1) is 25.0. The number of benzene rings is 2. The van der Waals surface area contributed by atoms with Crippen molar-refractivity contribution in [2.75, 3.05) is 36.0 Å². The van der Waals surface area contributed by atoms with Crippen molar-refractivity contribution in [3.05, 3.63) is 48.5 Å². The van der Waals surface area contributed by atoms with Gasteiger partial charge in [-0.2, -0.15) is 4.31 Å². The van der Waals surface area contributed by atoms with Crippen LogP contribution in [0.1, 0.15) is 26.2 Å². The molecule has 180 valence electrons. The quantitative estimate of drug-likeness (QED) is 0.602. The van der Waals surface area contributed by atoms with Crippen molar-refractivity contribution < 1.29 is 26.4 Å². The van der Waals surface area contributed by atoms with Gasteiger partial charge in [0.05, 0.1) is 16.8 Å². The van der Waals surface area contributed by atoms with Gasteiger partial charge in [0.25, 0.3) is 5.91 Å². The highest BCUT2D eigenvalue weighted by atomic mass is 32.2. The maximum absolute atomic E-state index is 12.7. The van der Waals surface area contributed by atoms with E-state index >= 15 is 0 Å². The minimum atomic E-state index is -3.53. The van der Waals surface area contributed by atoms with Crippen LogP contribution in [0.15, 0.2) is 53.4 Å². The van der Waals surface area contributed by atoms with Gasteiger partial charge in [0.15, 0.2) is 6.10 Å². The van der Waals surface area contributed by atoms with Gasteiger partial charge in [-0.3, -0.25) is 9.10 Å². The molecular formula is C22H29N3O6S2. The maximum Gasteiger partial charge on any atom is 0.265 e. The van der Waals surface area contributed by atoms with Crippen LogP contribution in [0.4, 0.5) is 11.4 Å². The number of hydrogen-bond acceptors (Lipinski definition) is 6. The first-order valence-electron chi connectivity index (χ1n) is 10.6. The zero-order valence-corrected chi connectivity index (χ0v) is 20.5. The van der Waals surface area contributed by atoms with E-state index < -0.39 is 32.1 Å². The molecule has 0 bridgehead atoms. The molecule has 1 aliphatic rings. The summed E-state index contributed by atoms with van der Waals surface area (Å²) in [6.45, 7) is 2.64. The number of carbonyl (C=O) groups excluding carboxylic acids is 1. The van der Waals surface area contributed by atoms with E-state index in [4.69, 9.17) is 4.74 Å². The lowest BCUT2D eigenvalue weighted by Gasteiger charge is -2.25. The molecule has 1 saturated heterocycles. The molecule has 1 atom stereocenters. The average Bonchev–Trinajstić information content (AvgIpc) is 2.79. The number of carbonyl (C=O) groups is 1. The highest BCUT2D eigenvalue weighted by molar-refractivity contribution is 7.92. The second-order valence-corrected chi connectivity index (χ2v) is 11.9. The number of anilines is 2. The van der Waals surface area contributed by atoms with Crippen LogP contribution in [-0.2, 0) is 24.8 Å². The van der Waals surface area contributed by atoms with Crippen LogP contribution >= 0.6 is 0 Å². The molecule has 2 aromatic rings. The summed E-state index contributed by atoms with van der Waals surface area (Å²) in [6, 6.07) is 12.4. The van der Waals surface area contributed by atoms with Crippen LogP contribution in [0.25, 0.3) is 0 Å². The van der Waals surface area contributed by atoms with Crippen LogP contribution in [0.3, 0.4) is 0 Å². The van der Waals surface area contributed by atoms with E-state index in [-0.39, 0.29) is 4.90 Å². The molecule has 1 N–H and O–H groups in total. The van der Waals surface area contributed by atoms with Crippen LogP contribution in [0.5, 0.6) is 5.75 Å². The van der Waals surface area contributed by atoms with Gasteiger partial charge in [0.1, 0.15) is 5.75 Å². The molecule has 33 heavy (non-hydrogen) atoms. The summed E-state index contributed by atoms with van der Waals surface area (Å²) in [7, 11) is -5.45. The number of nitrogens with one attached hydrogen (secondary N) is 1. The van der Waals surface area contributed by atoms with Crippen molar-refractivity contribution in [1.82, 2.24) is 4.31 Å². The monoisotopic (exact) mass is 495 g/mol. The largest absolute Gasteiger partial charge is 0.481 e. The number of piperidine rings is 1. The molecule has 1 amide bonds. The van der Waals surface area contributed by atoms with Gasteiger partial charge < -0.3 is 10.1 Å². The number of sulfonamides is 2. The van der Waals surface area contributed by atoms with Crippen molar-refractivity contribution >= 4 is 37.3 Å². The molecule has 0 unspecified atom stereocenters. The minimum absolute atomic E-state index is 0.200. The first-order chi connectivity index (χ1) is 15.5. The second kappa shape index (κ2) is 10.1. The predicted molar refractivity (Wildman–Crippen MR) is 127 cm³/mol. The Balaban J connectivity index is 1.59. The fraction of sp³-hybridized carbons (Fsp3) is 0.409. The summed E-state index contributed by atoms with van der Waals surface area (Å²) < 4.78 is 57.0. The SMILES string of the molecule is C[C@H](Oc1ccc(N(C)S(C)(=O)=O)cc1)C(=O)Nc1ccc(S(=O)(=O)N2CCCCC2)cc1. The Labute approximate surface area is 195 Å². The lowest BCUT2D eigenvalue weighted by molar-refractivity contribution is -0.122. The van der Waals surface area contributed by atoms with E-state index in [0.717, 1.165) is 29.8 Å². The van der Waals surface area contributed by atoms with Crippen LogP contribution in [0.2, 0.25) is 0 Å². The van der Waals surface area contributed by atoms with Gasteiger partial charge >= 0.3 is 0 Å². The van der Waals surface area contributed by atoms with Crippen molar-refractivity contribution in [2.24, 2.45) is 0 Å². The summed E-state index contributed by atoms with van der Waals surface area (Å²) >= 11 is 0. The molecule has 3 rings (SSSR count). The summed E-state index contributed by atoms with van der Waals surface area (Å²) in [5.74, 6) is 0.00485. The van der Waals surface area contributed by atoms with Crippen LogP contribution in [-0.4, -0.2) is 59.5 Å². The summed E-state index contributed by atoms with van der Waals surface area (Å²) in [5, 5.41) is 2.71. The normalized spacial score (nSPS) is 16.1. The van der Waals surface area contributed by atoms with Gasteiger partial charge in [0, 0.05) is 25.8 Å². The van der Waals surface area contributed by atoms with Gasteiger partial charge in [-0.05, 0) is 68.3 Å². The molecule has 11 heteroatoms. The number of rotatable bonds is 8. The van der Waals surface area contributed by atoms with Gasteiger partial charge in [-0.1, -0.05) is 6.42 Å². The third-order valence-electron chi connectivity index (χ3n) is 5.45. The summed E-state index contributed by atoms with van der Waals surface area (Å²) in [6.07, 6.45) is 3.05. The average molecular weight is 496 g/mol. The Morgan fingerprint density at radius 1 is 0.970 bits per heavy atom. The summed E-state index contributed by atoms with van der Waals surface area (Å²) in [5.41, 5.74) is 0.930. The molecule has 0 radical (unpaired) electrons. The second-order valence-electron chi connectivity index (χ2n) is 7.96. The van der Waals surface area contributed by atoms with Crippen LogP contribution in [0, 0.1) is 0 Å². The highest BCUT2D eigenvalue weighted by Crippen LogP contribution is 2.23. The Morgan fingerprint density at radius 3 is 2.09 bits per heavy atom. The standard InChI is InChI=1S/C22H29N3O6S2/c1-17(31-20-11-9-19(10-12-20)24(2)32(3,27)28)22(26)23-18-7-13-21(14-8-18)33(29,30)25-15-5-4-6-16-25/h7-14,17H,4-6,15-16H2,1-3H3,(H,23,26)/t17-/m0/s1. The number of hydrogen-bond donors (Lipinski definition) is 1. The van der Waals surface area contributed by atoms with E-state index in [1.807, 2.05) is 0 Å².